The molecule has 1 atom stereocenters. The van der Waals surface area contributed by atoms with Gasteiger partial charge in [0, 0.05) is 18.1 Å². The molecule has 1 aromatic carbocycles. The van der Waals surface area contributed by atoms with Gasteiger partial charge in [-0.15, -0.1) is 0 Å². The first-order chi connectivity index (χ1) is 8.48. The average Bonchev–Trinajstić information content (AvgIpc) is 2.31. The van der Waals surface area contributed by atoms with Crippen molar-refractivity contribution in [2.75, 3.05) is 13.6 Å². The van der Waals surface area contributed by atoms with Gasteiger partial charge >= 0.3 is 0 Å². The molecular weight excluding hydrogens is 220 g/mol. The first kappa shape index (κ1) is 13.6. The Morgan fingerprint density at radius 1 is 1.33 bits per heavy atom. The van der Waals surface area contributed by atoms with Gasteiger partial charge in [-0.25, -0.2) is 0 Å². The summed E-state index contributed by atoms with van der Waals surface area (Å²) >= 11 is 0. The number of rotatable bonds is 3. The first-order valence-corrected chi connectivity index (χ1v) is 6.98. The number of hydrogen-bond acceptors (Lipinski definition) is 2. The van der Waals surface area contributed by atoms with Crippen LogP contribution < -0.4 is 5.32 Å². The molecule has 0 amide bonds. The van der Waals surface area contributed by atoms with E-state index in [1.54, 1.807) is 0 Å². The van der Waals surface area contributed by atoms with Crippen molar-refractivity contribution in [3.63, 3.8) is 0 Å². The summed E-state index contributed by atoms with van der Waals surface area (Å²) in [6.45, 7) is 9.01. The van der Waals surface area contributed by atoms with Crippen molar-refractivity contribution in [3.8, 4) is 0 Å². The van der Waals surface area contributed by atoms with Crippen molar-refractivity contribution in [2.45, 2.75) is 51.7 Å². The van der Waals surface area contributed by atoms with E-state index in [2.05, 4.69) is 62.3 Å². The van der Waals surface area contributed by atoms with E-state index in [0.717, 1.165) is 13.1 Å². The van der Waals surface area contributed by atoms with E-state index in [-0.39, 0.29) is 5.54 Å². The standard InChI is InChI=1S/C16H26N2/c1-13-7-5-6-8-14(13)12-18(4)15-9-10-17-16(2,3)11-15/h5-8,15,17H,9-12H2,1-4H3. The summed E-state index contributed by atoms with van der Waals surface area (Å²) in [6, 6.07) is 9.41. The molecule has 1 unspecified atom stereocenters. The zero-order valence-electron chi connectivity index (χ0n) is 12.2. The van der Waals surface area contributed by atoms with Crippen LogP contribution in [0.15, 0.2) is 24.3 Å². The second-order valence-electron chi connectivity index (χ2n) is 6.30. The fraction of sp³-hybridized carbons (Fsp3) is 0.625. The van der Waals surface area contributed by atoms with Gasteiger partial charge in [-0.2, -0.15) is 0 Å². The SMILES string of the molecule is Cc1ccccc1CN(C)C1CCNC(C)(C)C1. The molecule has 100 valence electrons. The lowest BCUT2D eigenvalue weighted by atomic mass is 9.88. The third kappa shape index (κ3) is 3.33. The lowest BCUT2D eigenvalue weighted by molar-refractivity contribution is 0.138. The van der Waals surface area contributed by atoms with E-state index in [0.29, 0.717) is 6.04 Å². The zero-order chi connectivity index (χ0) is 13.2. The van der Waals surface area contributed by atoms with Gasteiger partial charge in [-0.05, 0) is 58.3 Å². The summed E-state index contributed by atoms with van der Waals surface area (Å²) < 4.78 is 0. The Hall–Kier alpha value is -0.860. The van der Waals surface area contributed by atoms with Crippen LogP contribution >= 0.6 is 0 Å². The minimum absolute atomic E-state index is 0.281. The number of piperidine rings is 1. The highest BCUT2D eigenvalue weighted by molar-refractivity contribution is 5.25. The van der Waals surface area contributed by atoms with E-state index >= 15 is 0 Å². The van der Waals surface area contributed by atoms with Crippen LogP contribution in [0, 0.1) is 6.92 Å². The van der Waals surface area contributed by atoms with Gasteiger partial charge in [-0.3, -0.25) is 4.90 Å². The number of benzene rings is 1. The van der Waals surface area contributed by atoms with E-state index in [1.807, 2.05) is 0 Å². The van der Waals surface area contributed by atoms with Crippen LogP contribution in [-0.4, -0.2) is 30.1 Å². The topological polar surface area (TPSA) is 15.3 Å². The van der Waals surface area contributed by atoms with Crippen molar-refractivity contribution in [2.24, 2.45) is 0 Å². The molecule has 1 fully saturated rings. The highest BCUT2D eigenvalue weighted by Gasteiger charge is 2.29. The number of nitrogens with zero attached hydrogens (tertiary/aromatic N) is 1. The Labute approximate surface area is 111 Å². The predicted octanol–water partition coefficient (Wildman–Crippen LogP) is 2.96. The average molecular weight is 246 g/mol. The summed E-state index contributed by atoms with van der Waals surface area (Å²) in [7, 11) is 2.26. The Balaban J connectivity index is 2.00. The molecule has 0 aromatic heterocycles. The third-order valence-electron chi connectivity index (χ3n) is 4.13. The van der Waals surface area contributed by atoms with Gasteiger partial charge in [-0.1, -0.05) is 24.3 Å². The van der Waals surface area contributed by atoms with Crippen LogP contribution in [0.5, 0.6) is 0 Å². The fourth-order valence-corrected chi connectivity index (χ4v) is 2.90. The van der Waals surface area contributed by atoms with Crippen LogP contribution in [0.2, 0.25) is 0 Å². The van der Waals surface area contributed by atoms with Gasteiger partial charge < -0.3 is 5.32 Å². The number of hydrogen-bond donors (Lipinski definition) is 1. The molecule has 1 aliphatic rings. The molecule has 2 rings (SSSR count). The molecule has 2 nitrogen and oxygen atoms in total. The zero-order valence-corrected chi connectivity index (χ0v) is 12.2. The highest BCUT2D eigenvalue weighted by atomic mass is 15.1. The lowest BCUT2D eigenvalue weighted by Crippen LogP contribution is -2.52. The maximum absolute atomic E-state index is 3.59. The van der Waals surface area contributed by atoms with E-state index in [1.165, 1.54) is 24.0 Å². The molecule has 0 aliphatic carbocycles. The predicted molar refractivity (Wildman–Crippen MR) is 77.7 cm³/mol. The quantitative estimate of drug-likeness (QED) is 0.882. The lowest BCUT2D eigenvalue weighted by Gasteiger charge is -2.40. The second kappa shape index (κ2) is 5.41. The van der Waals surface area contributed by atoms with Gasteiger partial charge in [0.25, 0.3) is 0 Å². The van der Waals surface area contributed by atoms with E-state index in [9.17, 15) is 0 Å². The maximum Gasteiger partial charge on any atom is 0.0236 e. The molecule has 0 saturated carbocycles. The van der Waals surface area contributed by atoms with Gasteiger partial charge in [0.1, 0.15) is 0 Å². The minimum Gasteiger partial charge on any atom is -0.312 e. The summed E-state index contributed by atoms with van der Waals surface area (Å²) in [4.78, 5) is 2.52. The molecule has 0 radical (unpaired) electrons. The summed E-state index contributed by atoms with van der Waals surface area (Å²) in [5.74, 6) is 0. The summed E-state index contributed by atoms with van der Waals surface area (Å²) in [5, 5.41) is 3.59. The fourth-order valence-electron chi connectivity index (χ4n) is 2.90. The molecule has 1 N–H and O–H groups in total. The smallest absolute Gasteiger partial charge is 0.0236 e. The van der Waals surface area contributed by atoms with E-state index in [4.69, 9.17) is 0 Å². The molecule has 18 heavy (non-hydrogen) atoms. The van der Waals surface area contributed by atoms with Crippen LogP contribution in [-0.2, 0) is 6.54 Å². The molecule has 1 aliphatic heterocycles. The Kier molecular flexibility index (Phi) is 4.08. The monoisotopic (exact) mass is 246 g/mol. The van der Waals surface area contributed by atoms with Crippen molar-refractivity contribution in [1.82, 2.24) is 10.2 Å². The van der Waals surface area contributed by atoms with E-state index < -0.39 is 0 Å². The van der Waals surface area contributed by atoms with Crippen LogP contribution in [0.3, 0.4) is 0 Å². The maximum atomic E-state index is 3.59. The van der Waals surface area contributed by atoms with Gasteiger partial charge in [0.2, 0.25) is 0 Å². The summed E-state index contributed by atoms with van der Waals surface area (Å²) in [5.41, 5.74) is 3.14. The van der Waals surface area contributed by atoms with Crippen LogP contribution in [0.25, 0.3) is 0 Å². The largest absolute Gasteiger partial charge is 0.312 e. The van der Waals surface area contributed by atoms with Crippen molar-refractivity contribution in [1.29, 1.82) is 0 Å². The highest BCUT2D eigenvalue weighted by Crippen LogP contribution is 2.23. The molecule has 0 spiro atoms. The summed E-state index contributed by atoms with van der Waals surface area (Å²) in [6.07, 6.45) is 2.49. The van der Waals surface area contributed by atoms with Gasteiger partial charge in [0.15, 0.2) is 0 Å². The van der Waals surface area contributed by atoms with Crippen molar-refractivity contribution in [3.05, 3.63) is 35.4 Å². The third-order valence-corrected chi connectivity index (χ3v) is 4.13. The molecular formula is C16H26N2. The Bertz CT molecular complexity index is 398. The van der Waals surface area contributed by atoms with Crippen LogP contribution in [0.4, 0.5) is 0 Å². The molecule has 1 heterocycles. The molecule has 1 saturated heterocycles. The second-order valence-corrected chi connectivity index (χ2v) is 6.30. The normalized spacial score (nSPS) is 23.3. The Morgan fingerprint density at radius 3 is 2.72 bits per heavy atom. The molecule has 0 bridgehead atoms. The molecule has 2 heteroatoms. The first-order valence-electron chi connectivity index (χ1n) is 6.98. The van der Waals surface area contributed by atoms with Gasteiger partial charge in [0.05, 0.1) is 0 Å². The number of nitrogens with one attached hydrogen (secondary N) is 1. The molecule has 1 aromatic rings. The minimum atomic E-state index is 0.281. The van der Waals surface area contributed by atoms with Crippen molar-refractivity contribution < 1.29 is 0 Å². The Morgan fingerprint density at radius 2 is 2.06 bits per heavy atom. The number of aryl methyl sites for hydroxylation is 1. The van der Waals surface area contributed by atoms with Crippen molar-refractivity contribution >= 4 is 0 Å². The van der Waals surface area contributed by atoms with Crippen LogP contribution in [0.1, 0.15) is 37.8 Å².